The molecule has 0 spiro atoms. The smallest absolute Gasteiger partial charge is 0.326 e. The molecule has 100 valence electrons. The highest BCUT2D eigenvalue weighted by Gasteiger charge is 2.31. The van der Waals surface area contributed by atoms with E-state index in [-0.39, 0.29) is 6.04 Å². The number of hydrogen-bond acceptors (Lipinski definition) is 2. The summed E-state index contributed by atoms with van der Waals surface area (Å²) in [5.74, 6) is -1.06. The summed E-state index contributed by atoms with van der Waals surface area (Å²) in [6.45, 7) is 1.96. The first-order chi connectivity index (χ1) is 8.31. The highest BCUT2D eigenvalue weighted by Crippen LogP contribution is 2.21. The van der Waals surface area contributed by atoms with Crippen molar-refractivity contribution in [2.45, 2.75) is 25.6 Å². The van der Waals surface area contributed by atoms with Gasteiger partial charge in [0.15, 0.2) is 0 Å². The van der Waals surface area contributed by atoms with Gasteiger partial charge in [0.1, 0.15) is 6.42 Å². The van der Waals surface area contributed by atoms with Gasteiger partial charge in [-0.15, -0.1) is 0 Å². The number of rotatable bonds is 4. The molecule has 0 aliphatic heterocycles. The molecule has 0 aliphatic rings. The average molecular weight is 260 g/mol. The highest BCUT2D eigenvalue weighted by atomic mass is 19.4. The van der Waals surface area contributed by atoms with E-state index in [2.05, 4.69) is 10.6 Å². The number of carbonyl (C=O) groups excluding carboxylic acids is 1. The molecule has 1 aromatic carbocycles. The van der Waals surface area contributed by atoms with Crippen LogP contribution in [0.15, 0.2) is 24.3 Å². The fourth-order valence-corrected chi connectivity index (χ4v) is 1.41. The molecule has 0 heterocycles. The number of nitrogens with one attached hydrogen (secondary N) is 2. The van der Waals surface area contributed by atoms with Gasteiger partial charge in [0.2, 0.25) is 5.91 Å². The number of carbonyl (C=O) groups is 1. The predicted octanol–water partition coefficient (Wildman–Crippen LogP) is 2.86. The van der Waals surface area contributed by atoms with Crippen LogP contribution in [-0.2, 0) is 4.79 Å². The lowest BCUT2D eigenvalue weighted by Gasteiger charge is -2.12. The molecule has 1 rings (SSSR count). The normalized spacial score (nSPS) is 13.2. The lowest BCUT2D eigenvalue weighted by molar-refractivity contribution is -0.150. The summed E-state index contributed by atoms with van der Waals surface area (Å²) < 4.78 is 35.9. The van der Waals surface area contributed by atoms with Crippen LogP contribution in [0.25, 0.3) is 0 Å². The van der Waals surface area contributed by atoms with Gasteiger partial charge >= 0.3 is 6.18 Å². The Balaban J connectivity index is 2.61. The second-order valence-electron chi connectivity index (χ2n) is 3.97. The van der Waals surface area contributed by atoms with Crippen molar-refractivity contribution in [1.82, 2.24) is 5.32 Å². The second-order valence-corrected chi connectivity index (χ2v) is 3.97. The van der Waals surface area contributed by atoms with Crippen LogP contribution in [0.5, 0.6) is 0 Å². The standard InChI is InChI=1S/C12H15F3N2O/c1-8(16-2)9-3-5-10(6-4-9)17-11(18)7-12(13,14)15/h3-6,8,16H,7H2,1-2H3,(H,17,18). The molecule has 0 fully saturated rings. The molecule has 6 heteroatoms. The molecule has 0 saturated heterocycles. The van der Waals surface area contributed by atoms with Gasteiger partial charge < -0.3 is 10.6 Å². The predicted molar refractivity (Wildman–Crippen MR) is 63.2 cm³/mol. The van der Waals surface area contributed by atoms with Gasteiger partial charge in [-0.25, -0.2) is 0 Å². The van der Waals surface area contributed by atoms with Gasteiger partial charge in [0.05, 0.1) is 0 Å². The van der Waals surface area contributed by atoms with Crippen molar-refractivity contribution in [1.29, 1.82) is 0 Å². The highest BCUT2D eigenvalue weighted by molar-refractivity contribution is 5.91. The molecule has 1 aromatic rings. The van der Waals surface area contributed by atoms with Crippen molar-refractivity contribution in [2.75, 3.05) is 12.4 Å². The fraction of sp³-hybridized carbons (Fsp3) is 0.417. The Hall–Kier alpha value is -1.56. The van der Waals surface area contributed by atoms with E-state index >= 15 is 0 Å². The first kappa shape index (κ1) is 14.5. The molecule has 0 saturated carbocycles. The van der Waals surface area contributed by atoms with Crippen molar-refractivity contribution in [2.24, 2.45) is 0 Å². The van der Waals surface area contributed by atoms with E-state index in [1.54, 1.807) is 24.3 Å². The zero-order valence-corrected chi connectivity index (χ0v) is 10.1. The van der Waals surface area contributed by atoms with Crippen LogP contribution in [0.3, 0.4) is 0 Å². The average Bonchev–Trinajstić information content (AvgIpc) is 2.26. The van der Waals surface area contributed by atoms with E-state index in [1.807, 2.05) is 14.0 Å². The zero-order chi connectivity index (χ0) is 13.8. The maximum absolute atomic E-state index is 12.0. The van der Waals surface area contributed by atoms with Gasteiger partial charge in [0, 0.05) is 11.7 Å². The molecule has 18 heavy (non-hydrogen) atoms. The van der Waals surface area contributed by atoms with E-state index in [1.165, 1.54) is 0 Å². The first-order valence-electron chi connectivity index (χ1n) is 5.45. The molecular weight excluding hydrogens is 245 g/mol. The largest absolute Gasteiger partial charge is 0.397 e. The van der Waals surface area contributed by atoms with Crippen molar-refractivity contribution < 1.29 is 18.0 Å². The Bertz CT molecular complexity index is 401. The van der Waals surface area contributed by atoms with Crippen molar-refractivity contribution in [3.8, 4) is 0 Å². The molecule has 1 atom stereocenters. The third kappa shape index (κ3) is 4.75. The number of benzene rings is 1. The molecule has 0 bridgehead atoms. The summed E-state index contributed by atoms with van der Waals surface area (Å²) in [6, 6.07) is 6.81. The Morgan fingerprint density at radius 1 is 1.28 bits per heavy atom. The molecule has 1 unspecified atom stereocenters. The fourth-order valence-electron chi connectivity index (χ4n) is 1.41. The number of amides is 1. The van der Waals surface area contributed by atoms with Crippen molar-refractivity contribution in [3.63, 3.8) is 0 Å². The molecule has 0 aliphatic carbocycles. The number of halogens is 3. The van der Waals surface area contributed by atoms with Crippen LogP contribution in [0, 0.1) is 0 Å². The monoisotopic (exact) mass is 260 g/mol. The van der Waals surface area contributed by atoms with E-state index in [0.29, 0.717) is 5.69 Å². The van der Waals surface area contributed by atoms with E-state index in [9.17, 15) is 18.0 Å². The number of hydrogen-bond donors (Lipinski definition) is 2. The van der Waals surface area contributed by atoms with Crippen LogP contribution in [0.1, 0.15) is 24.9 Å². The third-order valence-corrected chi connectivity index (χ3v) is 2.49. The van der Waals surface area contributed by atoms with Gasteiger partial charge in [-0.05, 0) is 31.7 Å². The maximum atomic E-state index is 12.0. The van der Waals surface area contributed by atoms with Crippen LogP contribution in [0.4, 0.5) is 18.9 Å². The lowest BCUT2D eigenvalue weighted by atomic mass is 10.1. The molecule has 1 amide bonds. The quantitative estimate of drug-likeness (QED) is 0.874. The van der Waals surface area contributed by atoms with Crippen LogP contribution in [-0.4, -0.2) is 19.1 Å². The van der Waals surface area contributed by atoms with Crippen LogP contribution < -0.4 is 10.6 Å². The van der Waals surface area contributed by atoms with Crippen molar-refractivity contribution in [3.05, 3.63) is 29.8 Å². The maximum Gasteiger partial charge on any atom is 0.397 e. The minimum absolute atomic E-state index is 0.143. The lowest BCUT2D eigenvalue weighted by Crippen LogP contribution is -2.21. The zero-order valence-electron chi connectivity index (χ0n) is 10.1. The minimum atomic E-state index is -4.48. The summed E-state index contributed by atoms with van der Waals surface area (Å²) in [5, 5.41) is 5.24. The van der Waals surface area contributed by atoms with Gasteiger partial charge in [-0.3, -0.25) is 4.79 Å². The Morgan fingerprint density at radius 3 is 2.28 bits per heavy atom. The van der Waals surface area contributed by atoms with Crippen LogP contribution in [0.2, 0.25) is 0 Å². The third-order valence-electron chi connectivity index (χ3n) is 2.49. The van der Waals surface area contributed by atoms with E-state index < -0.39 is 18.5 Å². The summed E-state index contributed by atoms with van der Waals surface area (Å²) in [6.07, 6.45) is -5.95. The summed E-state index contributed by atoms with van der Waals surface area (Å²) >= 11 is 0. The Kier molecular flexibility index (Phi) is 4.72. The van der Waals surface area contributed by atoms with Gasteiger partial charge in [-0.1, -0.05) is 12.1 Å². The number of alkyl halides is 3. The Morgan fingerprint density at radius 2 is 1.83 bits per heavy atom. The Labute approximate surface area is 103 Å². The minimum Gasteiger partial charge on any atom is -0.326 e. The molecule has 3 nitrogen and oxygen atoms in total. The molecular formula is C12H15F3N2O. The first-order valence-corrected chi connectivity index (χ1v) is 5.45. The molecule has 2 N–H and O–H groups in total. The molecule has 0 radical (unpaired) electrons. The van der Waals surface area contributed by atoms with Crippen molar-refractivity contribution >= 4 is 11.6 Å². The van der Waals surface area contributed by atoms with Gasteiger partial charge in [-0.2, -0.15) is 13.2 Å². The van der Waals surface area contributed by atoms with Gasteiger partial charge in [0.25, 0.3) is 0 Å². The SMILES string of the molecule is CNC(C)c1ccc(NC(=O)CC(F)(F)F)cc1. The summed E-state index contributed by atoms with van der Waals surface area (Å²) in [7, 11) is 1.81. The second kappa shape index (κ2) is 5.86. The number of anilines is 1. The summed E-state index contributed by atoms with van der Waals surface area (Å²) in [5.41, 5.74) is 1.35. The summed E-state index contributed by atoms with van der Waals surface area (Å²) in [4.78, 5) is 11.1. The van der Waals surface area contributed by atoms with E-state index in [4.69, 9.17) is 0 Å². The van der Waals surface area contributed by atoms with Crippen LogP contribution >= 0.6 is 0 Å². The molecule has 0 aromatic heterocycles. The van der Waals surface area contributed by atoms with E-state index in [0.717, 1.165) is 5.56 Å². The topological polar surface area (TPSA) is 41.1 Å².